The third kappa shape index (κ3) is 5.30. The van der Waals surface area contributed by atoms with Gasteiger partial charge in [0.25, 0.3) is 0 Å². The van der Waals surface area contributed by atoms with Crippen molar-refractivity contribution in [1.29, 1.82) is 0 Å². The van der Waals surface area contributed by atoms with E-state index in [0.29, 0.717) is 11.9 Å². The molecule has 0 bridgehead atoms. The first-order valence-electron chi connectivity index (χ1n) is 6.66. The molecule has 1 heterocycles. The van der Waals surface area contributed by atoms with Crippen LogP contribution in [-0.4, -0.2) is 48.5 Å². The van der Waals surface area contributed by atoms with Gasteiger partial charge in [0.05, 0.1) is 0 Å². The van der Waals surface area contributed by atoms with Crippen molar-refractivity contribution in [3.63, 3.8) is 0 Å². The Hall–Kier alpha value is -0.220. The summed E-state index contributed by atoms with van der Waals surface area (Å²) >= 11 is 1.90. The molecule has 0 spiro atoms. The van der Waals surface area contributed by atoms with E-state index in [-0.39, 0.29) is 5.92 Å². The molecule has 0 aromatic heterocycles. The SMILES string of the molecule is CSCCCNC1CCN(C(=O)C(C)C)CC1. The minimum absolute atomic E-state index is 0.140. The van der Waals surface area contributed by atoms with Crippen LogP contribution >= 0.6 is 11.8 Å². The Morgan fingerprint density at radius 2 is 2.06 bits per heavy atom. The van der Waals surface area contributed by atoms with Crippen LogP contribution in [0.25, 0.3) is 0 Å². The second-order valence-corrected chi connectivity index (χ2v) is 6.04. The standard InChI is InChI=1S/C13H26N2OS/c1-11(2)13(16)15-8-5-12(6-9-15)14-7-4-10-17-3/h11-12,14H,4-10H2,1-3H3. The lowest BCUT2D eigenvalue weighted by Gasteiger charge is -2.33. The Labute approximate surface area is 110 Å². The van der Waals surface area contributed by atoms with Crippen LogP contribution in [0.5, 0.6) is 0 Å². The molecule has 0 aliphatic carbocycles. The summed E-state index contributed by atoms with van der Waals surface area (Å²) < 4.78 is 0. The summed E-state index contributed by atoms with van der Waals surface area (Å²) in [5.41, 5.74) is 0. The zero-order valence-electron chi connectivity index (χ0n) is 11.4. The maximum absolute atomic E-state index is 11.8. The molecule has 0 unspecified atom stereocenters. The highest BCUT2D eigenvalue weighted by atomic mass is 32.2. The molecule has 0 aromatic rings. The van der Waals surface area contributed by atoms with Crippen molar-refractivity contribution in [2.45, 2.75) is 39.2 Å². The van der Waals surface area contributed by atoms with Gasteiger partial charge in [-0.15, -0.1) is 0 Å². The summed E-state index contributed by atoms with van der Waals surface area (Å²) in [6, 6.07) is 0.619. The van der Waals surface area contributed by atoms with E-state index in [9.17, 15) is 4.79 Å². The van der Waals surface area contributed by atoms with E-state index >= 15 is 0 Å². The van der Waals surface area contributed by atoms with Crippen molar-refractivity contribution in [2.24, 2.45) is 5.92 Å². The van der Waals surface area contributed by atoms with Gasteiger partial charge in [0.15, 0.2) is 0 Å². The highest BCUT2D eigenvalue weighted by Crippen LogP contribution is 2.13. The number of carbonyl (C=O) groups excluding carboxylic acids is 1. The fourth-order valence-corrected chi connectivity index (χ4v) is 2.62. The van der Waals surface area contributed by atoms with E-state index in [4.69, 9.17) is 0 Å². The van der Waals surface area contributed by atoms with E-state index in [1.54, 1.807) is 0 Å². The minimum Gasteiger partial charge on any atom is -0.342 e. The molecule has 1 saturated heterocycles. The van der Waals surface area contributed by atoms with Crippen molar-refractivity contribution in [3.05, 3.63) is 0 Å². The van der Waals surface area contributed by atoms with Gasteiger partial charge in [-0.25, -0.2) is 0 Å². The first-order valence-corrected chi connectivity index (χ1v) is 8.05. The molecule has 1 rings (SSSR count). The molecular formula is C13H26N2OS. The van der Waals surface area contributed by atoms with Crippen LogP contribution in [0, 0.1) is 5.92 Å². The van der Waals surface area contributed by atoms with Crippen molar-refractivity contribution < 1.29 is 4.79 Å². The van der Waals surface area contributed by atoms with Crippen LogP contribution in [0.4, 0.5) is 0 Å². The average molecular weight is 258 g/mol. The number of hydrogen-bond donors (Lipinski definition) is 1. The van der Waals surface area contributed by atoms with Gasteiger partial charge >= 0.3 is 0 Å². The van der Waals surface area contributed by atoms with E-state index in [1.807, 2.05) is 30.5 Å². The molecule has 1 amide bonds. The molecule has 0 aromatic carbocycles. The van der Waals surface area contributed by atoms with Crippen LogP contribution in [0.3, 0.4) is 0 Å². The second-order valence-electron chi connectivity index (χ2n) is 5.05. The molecule has 0 atom stereocenters. The van der Waals surface area contributed by atoms with Gasteiger partial charge in [-0.3, -0.25) is 4.79 Å². The molecule has 4 heteroatoms. The molecule has 0 radical (unpaired) electrons. The summed E-state index contributed by atoms with van der Waals surface area (Å²) in [6.07, 6.45) is 5.61. The fraction of sp³-hybridized carbons (Fsp3) is 0.923. The Morgan fingerprint density at radius 3 is 2.59 bits per heavy atom. The summed E-state index contributed by atoms with van der Waals surface area (Å²) in [7, 11) is 0. The van der Waals surface area contributed by atoms with Gasteiger partial charge in [0, 0.05) is 25.0 Å². The lowest BCUT2D eigenvalue weighted by molar-refractivity contribution is -0.135. The predicted molar refractivity (Wildman–Crippen MR) is 75.4 cm³/mol. The number of piperidine rings is 1. The first kappa shape index (κ1) is 14.8. The number of nitrogens with zero attached hydrogens (tertiary/aromatic N) is 1. The third-order valence-electron chi connectivity index (χ3n) is 3.26. The predicted octanol–water partition coefficient (Wildman–Crippen LogP) is 1.98. The highest BCUT2D eigenvalue weighted by Gasteiger charge is 2.23. The number of rotatable bonds is 6. The van der Waals surface area contributed by atoms with E-state index in [1.165, 1.54) is 12.2 Å². The molecule has 1 aliphatic rings. The van der Waals surface area contributed by atoms with Crippen LogP contribution < -0.4 is 5.32 Å². The summed E-state index contributed by atoms with van der Waals surface area (Å²) in [5.74, 6) is 1.68. The van der Waals surface area contributed by atoms with Gasteiger partial charge in [-0.05, 0) is 37.8 Å². The van der Waals surface area contributed by atoms with Gasteiger partial charge < -0.3 is 10.2 Å². The summed E-state index contributed by atoms with van der Waals surface area (Å²) in [6.45, 7) is 6.93. The molecular weight excluding hydrogens is 232 g/mol. The Kier molecular flexibility index (Phi) is 6.97. The number of hydrogen-bond acceptors (Lipinski definition) is 3. The number of thioether (sulfide) groups is 1. The van der Waals surface area contributed by atoms with Crippen LogP contribution in [-0.2, 0) is 4.79 Å². The zero-order valence-corrected chi connectivity index (χ0v) is 12.2. The zero-order chi connectivity index (χ0) is 12.7. The lowest BCUT2D eigenvalue weighted by atomic mass is 10.0. The van der Waals surface area contributed by atoms with E-state index < -0.39 is 0 Å². The van der Waals surface area contributed by atoms with Crippen LogP contribution in [0.15, 0.2) is 0 Å². The fourth-order valence-electron chi connectivity index (χ4n) is 2.19. The summed E-state index contributed by atoms with van der Waals surface area (Å²) in [5, 5.41) is 3.59. The first-order chi connectivity index (χ1) is 8.15. The van der Waals surface area contributed by atoms with Crippen molar-refractivity contribution in [3.8, 4) is 0 Å². The van der Waals surface area contributed by atoms with Gasteiger partial charge in [0.1, 0.15) is 0 Å². The molecule has 100 valence electrons. The minimum atomic E-state index is 0.140. The highest BCUT2D eigenvalue weighted by molar-refractivity contribution is 7.98. The Morgan fingerprint density at radius 1 is 1.41 bits per heavy atom. The number of amides is 1. The maximum Gasteiger partial charge on any atom is 0.225 e. The Bertz CT molecular complexity index is 225. The smallest absolute Gasteiger partial charge is 0.225 e. The lowest BCUT2D eigenvalue weighted by Crippen LogP contribution is -2.46. The molecule has 17 heavy (non-hydrogen) atoms. The molecule has 1 fully saturated rings. The van der Waals surface area contributed by atoms with Crippen LogP contribution in [0.1, 0.15) is 33.1 Å². The molecule has 0 saturated carbocycles. The maximum atomic E-state index is 11.8. The monoisotopic (exact) mass is 258 g/mol. The molecule has 1 N–H and O–H groups in total. The number of likely N-dealkylation sites (tertiary alicyclic amines) is 1. The van der Waals surface area contributed by atoms with Crippen molar-refractivity contribution in [1.82, 2.24) is 10.2 Å². The second kappa shape index (κ2) is 7.98. The van der Waals surface area contributed by atoms with Crippen LogP contribution in [0.2, 0.25) is 0 Å². The van der Waals surface area contributed by atoms with Gasteiger partial charge in [-0.2, -0.15) is 11.8 Å². The summed E-state index contributed by atoms with van der Waals surface area (Å²) in [4.78, 5) is 13.8. The van der Waals surface area contributed by atoms with E-state index in [0.717, 1.165) is 32.5 Å². The number of nitrogens with one attached hydrogen (secondary N) is 1. The molecule has 3 nitrogen and oxygen atoms in total. The third-order valence-corrected chi connectivity index (χ3v) is 3.96. The topological polar surface area (TPSA) is 32.3 Å². The quantitative estimate of drug-likeness (QED) is 0.739. The largest absolute Gasteiger partial charge is 0.342 e. The van der Waals surface area contributed by atoms with Crippen molar-refractivity contribution in [2.75, 3.05) is 31.6 Å². The normalized spacial score (nSPS) is 17.8. The Balaban J connectivity index is 2.15. The molecule has 1 aliphatic heterocycles. The van der Waals surface area contributed by atoms with E-state index in [2.05, 4.69) is 11.6 Å². The van der Waals surface area contributed by atoms with Crippen molar-refractivity contribution >= 4 is 17.7 Å². The average Bonchev–Trinajstić information content (AvgIpc) is 2.34. The van der Waals surface area contributed by atoms with Gasteiger partial charge in [0.2, 0.25) is 5.91 Å². The number of carbonyl (C=O) groups is 1. The van der Waals surface area contributed by atoms with Gasteiger partial charge in [-0.1, -0.05) is 13.8 Å².